The van der Waals surface area contributed by atoms with Crippen molar-refractivity contribution in [2.75, 3.05) is 0 Å². The highest BCUT2D eigenvalue weighted by atomic mass is 16.5. The number of hydrogen-bond donors (Lipinski definition) is 1. The van der Waals surface area contributed by atoms with Crippen molar-refractivity contribution in [3.05, 3.63) is 60.2 Å². The fraction of sp³-hybridized carbons (Fsp3) is 0.478. The van der Waals surface area contributed by atoms with Crippen LogP contribution in [0, 0.1) is 0 Å². The van der Waals surface area contributed by atoms with Crippen LogP contribution in [0.4, 0.5) is 0 Å². The Labute approximate surface area is 152 Å². The molecule has 0 bridgehead atoms. The Morgan fingerprint density at radius 3 is 2.04 bits per heavy atom. The van der Waals surface area contributed by atoms with Crippen molar-refractivity contribution >= 4 is 0 Å². The van der Waals surface area contributed by atoms with Crippen molar-refractivity contribution in [3.63, 3.8) is 0 Å². The standard InChI is InChI=1S/C23H32O2/c1-2-3-4-5-6-7-8-12-19-23(21-17-13-14-18-22(21)24)25-20-15-10-9-11-16-20/h9-11,13-18,23-24H,2-8,12,19H2,1H3. The van der Waals surface area contributed by atoms with E-state index in [9.17, 15) is 5.11 Å². The minimum atomic E-state index is -0.0938. The summed E-state index contributed by atoms with van der Waals surface area (Å²) in [5.74, 6) is 1.18. The van der Waals surface area contributed by atoms with E-state index < -0.39 is 0 Å². The van der Waals surface area contributed by atoms with E-state index in [4.69, 9.17) is 4.74 Å². The zero-order valence-electron chi connectivity index (χ0n) is 15.5. The molecule has 0 aliphatic rings. The monoisotopic (exact) mass is 340 g/mol. The van der Waals surface area contributed by atoms with Gasteiger partial charge in [-0.15, -0.1) is 0 Å². The molecule has 0 amide bonds. The lowest BCUT2D eigenvalue weighted by Crippen LogP contribution is -2.08. The summed E-state index contributed by atoms with van der Waals surface area (Å²) in [6.07, 6.45) is 11.2. The molecule has 0 radical (unpaired) electrons. The molecular formula is C23H32O2. The molecule has 0 aliphatic carbocycles. The van der Waals surface area contributed by atoms with Gasteiger partial charge in [0, 0.05) is 5.56 Å². The van der Waals surface area contributed by atoms with Gasteiger partial charge < -0.3 is 9.84 Å². The Morgan fingerprint density at radius 1 is 0.760 bits per heavy atom. The second-order valence-corrected chi connectivity index (χ2v) is 6.74. The van der Waals surface area contributed by atoms with Crippen LogP contribution < -0.4 is 4.74 Å². The lowest BCUT2D eigenvalue weighted by molar-refractivity contribution is 0.186. The third-order valence-corrected chi connectivity index (χ3v) is 4.63. The topological polar surface area (TPSA) is 29.5 Å². The van der Waals surface area contributed by atoms with E-state index in [1.807, 2.05) is 48.5 Å². The van der Waals surface area contributed by atoms with Gasteiger partial charge in [-0.25, -0.2) is 0 Å². The lowest BCUT2D eigenvalue weighted by atomic mass is 10.0. The first kappa shape index (κ1) is 19.4. The van der Waals surface area contributed by atoms with Crippen LogP contribution in [0.3, 0.4) is 0 Å². The van der Waals surface area contributed by atoms with Gasteiger partial charge in [0.25, 0.3) is 0 Å². The molecule has 0 saturated carbocycles. The van der Waals surface area contributed by atoms with Gasteiger partial charge in [0.1, 0.15) is 17.6 Å². The van der Waals surface area contributed by atoms with Crippen LogP contribution in [-0.2, 0) is 0 Å². The quantitative estimate of drug-likeness (QED) is 0.420. The molecule has 2 rings (SSSR count). The number of ether oxygens (including phenoxy) is 1. The number of phenolic OH excluding ortho intramolecular Hbond substituents is 1. The van der Waals surface area contributed by atoms with Gasteiger partial charge in [-0.2, -0.15) is 0 Å². The summed E-state index contributed by atoms with van der Waals surface area (Å²) in [7, 11) is 0. The van der Waals surface area contributed by atoms with E-state index in [1.165, 1.54) is 44.9 Å². The summed E-state index contributed by atoms with van der Waals surface area (Å²) in [4.78, 5) is 0. The largest absolute Gasteiger partial charge is 0.508 e. The maximum absolute atomic E-state index is 10.2. The highest BCUT2D eigenvalue weighted by Gasteiger charge is 2.16. The fourth-order valence-corrected chi connectivity index (χ4v) is 3.16. The zero-order chi connectivity index (χ0) is 17.7. The molecule has 0 aromatic heterocycles. The number of rotatable bonds is 12. The molecule has 0 spiro atoms. The van der Waals surface area contributed by atoms with Crippen LogP contribution in [-0.4, -0.2) is 5.11 Å². The van der Waals surface area contributed by atoms with Gasteiger partial charge in [0.2, 0.25) is 0 Å². The van der Waals surface area contributed by atoms with Gasteiger partial charge in [-0.1, -0.05) is 88.3 Å². The Morgan fingerprint density at radius 2 is 1.36 bits per heavy atom. The molecule has 0 saturated heterocycles. The number of phenols is 1. The summed E-state index contributed by atoms with van der Waals surface area (Å²) < 4.78 is 6.18. The second-order valence-electron chi connectivity index (χ2n) is 6.74. The third kappa shape index (κ3) is 7.21. The van der Waals surface area contributed by atoms with Gasteiger partial charge in [-0.3, -0.25) is 0 Å². The lowest BCUT2D eigenvalue weighted by Gasteiger charge is -2.20. The van der Waals surface area contributed by atoms with Gasteiger partial charge in [0.05, 0.1) is 0 Å². The molecule has 0 fully saturated rings. The average molecular weight is 341 g/mol. The number of hydrogen-bond acceptors (Lipinski definition) is 2. The Hall–Kier alpha value is -1.96. The summed E-state index contributed by atoms with van der Waals surface area (Å²) in [5.41, 5.74) is 0.884. The van der Waals surface area contributed by atoms with Crippen LogP contribution in [0.1, 0.15) is 76.4 Å². The first-order valence-corrected chi connectivity index (χ1v) is 9.81. The highest BCUT2D eigenvalue weighted by Crippen LogP contribution is 2.32. The van der Waals surface area contributed by atoms with E-state index in [0.717, 1.165) is 24.2 Å². The summed E-state index contributed by atoms with van der Waals surface area (Å²) in [6.45, 7) is 2.26. The zero-order valence-corrected chi connectivity index (χ0v) is 15.5. The predicted molar refractivity (Wildman–Crippen MR) is 105 cm³/mol. The number of benzene rings is 2. The molecule has 136 valence electrons. The van der Waals surface area contributed by atoms with Crippen molar-refractivity contribution < 1.29 is 9.84 Å². The average Bonchev–Trinajstić information content (AvgIpc) is 2.64. The summed E-state index contributed by atoms with van der Waals surface area (Å²) >= 11 is 0. The molecule has 2 aromatic carbocycles. The molecule has 1 atom stereocenters. The van der Waals surface area contributed by atoms with Crippen LogP contribution in [0.5, 0.6) is 11.5 Å². The van der Waals surface area contributed by atoms with Crippen LogP contribution in [0.2, 0.25) is 0 Å². The highest BCUT2D eigenvalue weighted by molar-refractivity contribution is 5.35. The number of unbranched alkanes of at least 4 members (excludes halogenated alkanes) is 7. The minimum Gasteiger partial charge on any atom is -0.508 e. The summed E-state index contributed by atoms with van der Waals surface area (Å²) in [5, 5.41) is 10.2. The molecular weight excluding hydrogens is 308 g/mol. The molecule has 2 nitrogen and oxygen atoms in total. The first-order valence-electron chi connectivity index (χ1n) is 9.81. The maximum atomic E-state index is 10.2. The SMILES string of the molecule is CCCCCCCCCCC(Oc1ccccc1)c1ccccc1O. The Balaban J connectivity index is 1.84. The maximum Gasteiger partial charge on any atom is 0.127 e. The van der Waals surface area contributed by atoms with E-state index in [1.54, 1.807) is 6.07 Å². The van der Waals surface area contributed by atoms with Crippen molar-refractivity contribution in [1.82, 2.24) is 0 Å². The fourth-order valence-electron chi connectivity index (χ4n) is 3.16. The van der Waals surface area contributed by atoms with Crippen LogP contribution in [0.15, 0.2) is 54.6 Å². The van der Waals surface area contributed by atoms with E-state index in [2.05, 4.69) is 6.92 Å². The van der Waals surface area contributed by atoms with Gasteiger partial charge >= 0.3 is 0 Å². The van der Waals surface area contributed by atoms with Crippen LogP contribution >= 0.6 is 0 Å². The van der Waals surface area contributed by atoms with Crippen molar-refractivity contribution in [3.8, 4) is 11.5 Å². The molecule has 0 aliphatic heterocycles. The number of para-hydroxylation sites is 2. The van der Waals surface area contributed by atoms with Gasteiger partial charge in [0.15, 0.2) is 0 Å². The number of aromatic hydroxyl groups is 1. The van der Waals surface area contributed by atoms with E-state index in [0.29, 0.717) is 5.75 Å². The molecule has 1 N–H and O–H groups in total. The van der Waals surface area contributed by atoms with Crippen molar-refractivity contribution in [2.45, 2.75) is 70.8 Å². The molecule has 2 aromatic rings. The molecule has 0 heterocycles. The third-order valence-electron chi connectivity index (χ3n) is 4.63. The van der Waals surface area contributed by atoms with Crippen LogP contribution in [0.25, 0.3) is 0 Å². The Bertz CT molecular complexity index is 580. The molecule has 25 heavy (non-hydrogen) atoms. The molecule has 1 unspecified atom stereocenters. The van der Waals surface area contributed by atoms with Crippen molar-refractivity contribution in [1.29, 1.82) is 0 Å². The van der Waals surface area contributed by atoms with Gasteiger partial charge in [-0.05, 0) is 31.0 Å². The second kappa shape index (κ2) is 11.6. The minimum absolute atomic E-state index is 0.0938. The van der Waals surface area contributed by atoms with E-state index >= 15 is 0 Å². The van der Waals surface area contributed by atoms with Crippen molar-refractivity contribution in [2.24, 2.45) is 0 Å². The normalized spacial score (nSPS) is 12.0. The smallest absolute Gasteiger partial charge is 0.127 e. The Kier molecular flexibility index (Phi) is 8.96. The summed E-state index contributed by atoms with van der Waals surface area (Å²) in [6, 6.07) is 17.4. The molecule has 2 heteroatoms. The predicted octanol–water partition coefficient (Wildman–Crippen LogP) is 7.04. The van der Waals surface area contributed by atoms with E-state index in [-0.39, 0.29) is 6.10 Å². The first-order chi connectivity index (χ1) is 12.3.